The van der Waals surface area contributed by atoms with Crippen molar-refractivity contribution >= 4 is 15.6 Å². The highest BCUT2D eigenvalue weighted by molar-refractivity contribution is 7.47. The van der Waals surface area contributed by atoms with Gasteiger partial charge in [-0.25, -0.2) is 9.13 Å². The van der Waals surface area contributed by atoms with Gasteiger partial charge in [-0.1, -0.05) is 0 Å². The predicted molar refractivity (Wildman–Crippen MR) is 254 cm³/mol. The molecule has 42 nitrogen and oxygen atoms in total. The Hall–Kier alpha value is -1.14. The van der Waals surface area contributed by atoms with Crippen molar-refractivity contribution in [3.8, 4) is 0 Å². The fraction of sp³-hybridized carbons (Fsp3) is 1.00. The van der Waals surface area contributed by atoms with Crippen molar-refractivity contribution in [3.05, 3.63) is 0 Å². The standard InChI is InChI=1S/C42H74O42P2/c43-1-8-15(48)19(52)26(59)37(73-8)80-33-11(4-46)75-41(29(62)23(33)56)84-86(68,69)71-7-14-18(51)35(82-38-27(60)20(53)16(49)9(2-44)74-38)31(64)40(78-14)81-34-12(5-47)76-42(30(63)24(34)57)83-85(66,67)70-6-13-17(50)21(54)28(61)39(77-13)79-32-10(3-45)72-36(65)25(58)22(32)55/h8-65H,1-7H2,(H,66,67)(H,68,69)/t8-,9-,10-,11-,12-,13-,14-,15+,16+,17+,18+,19+,20+,21+,22-,23-,24-,25+,26-,27-,28-,29+,30+,31-,32-,33-,34-,35+,36+,37+,38+,39+,40+,41-,42-/m1/s1. The summed E-state index contributed by atoms with van der Waals surface area (Å²) in [6, 6.07) is 0. The minimum absolute atomic E-state index is 0.910. The molecule has 7 aliphatic heterocycles. The molecule has 0 radical (unpaired) electrons. The van der Waals surface area contributed by atoms with E-state index in [-0.39, 0.29) is 0 Å². The molecule has 86 heavy (non-hydrogen) atoms. The summed E-state index contributed by atoms with van der Waals surface area (Å²) in [4.78, 5) is 21.5. The summed E-state index contributed by atoms with van der Waals surface area (Å²) < 4.78 is 106. The third-order valence-corrected chi connectivity index (χ3v) is 16.8. The molecule has 0 aromatic heterocycles. The third kappa shape index (κ3) is 15.9. The van der Waals surface area contributed by atoms with Crippen LogP contribution >= 0.6 is 15.6 Å². The summed E-state index contributed by atoms with van der Waals surface area (Å²) in [7, 11) is -11.4. The van der Waals surface area contributed by atoms with Crippen LogP contribution in [0.3, 0.4) is 0 Å². The molecule has 7 fully saturated rings. The molecule has 7 aliphatic rings. The maximum atomic E-state index is 13.5. The number of ether oxygens (including phenoxy) is 11. The smallest absolute Gasteiger partial charge is 0.394 e. The molecule has 37 atom stereocenters. The van der Waals surface area contributed by atoms with Crippen molar-refractivity contribution in [1.82, 2.24) is 0 Å². The lowest BCUT2D eigenvalue weighted by Crippen LogP contribution is -2.66. The zero-order valence-corrected chi connectivity index (χ0v) is 46.0. The van der Waals surface area contributed by atoms with Gasteiger partial charge in [0.05, 0.1) is 46.2 Å². The van der Waals surface area contributed by atoms with Crippen molar-refractivity contribution < 1.29 is 207 Å². The van der Waals surface area contributed by atoms with Crippen molar-refractivity contribution in [2.24, 2.45) is 0 Å². The molecule has 0 aromatic rings. The van der Waals surface area contributed by atoms with Crippen molar-refractivity contribution in [3.63, 3.8) is 0 Å². The summed E-state index contributed by atoms with van der Waals surface area (Å²) >= 11 is 0. The predicted octanol–water partition coefficient (Wildman–Crippen LogP) is -16.0. The van der Waals surface area contributed by atoms with E-state index in [0.717, 1.165) is 0 Å². The molecular weight excluding hydrogens is 1240 g/mol. The van der Waals surface area contributed by atoms with Gasteiger partial charge in [-0.15, -0.1) is 0 Å². The van der Waals surface area contributed by atoms with Gasteiger partial charge in [0, 0.05) is 0 Å². The minimum Gasteiger partial charge on any atom is -0.394 e. The highest BCUT2D eigenvalue weighted by atomic mass is 31.2. The summed E-state index contributed by atoms with van der Waals surface area (Å²) in [5.74, 6) is 0. The van der Waals surface area contributed by atoms with Crippen LogP contribution in [0.2, 0.25) is 0 Å². The molecule has 0 aromatic carbocycles. The number of phosphoric acid groups is 2. The normalized spacial score (nSPS) is 51.2. The largest absolute Gasteiger partial charge is 0.474 e. The lowest BCUT2D eigenvalue weighted by Gasteiger charge is -2.48. The van der Waals surface area contributed by atoms with E-state index in [2.05, 4.69) is 0 Å². The molecule has 504 valence electrons. The number of aliphatic hydroxyl groups is 23. The summed E-state index contributed by atoms with van der Waals surface area (Å²) in [6.45, 7) is -7.96. The molecule has 7 heterocycles. The zero-order valence-electron chi connectivity index (χ0n) is 44.2. The van der Waals surface area contributed by atoms with Gasteiger partial charge in [0.25, 0.3) is 0 Å². The van der Waals surface area contributed by atoms with E-state index in [9.17, 15) is 136 Å². The molecule has 0 spiro atoms. The van der Waals surface area contributed by atoms with Crippen LogP contribution in [0.4, 0.5) is 0 Å². The van der Waals surface area contributed by atoms with Gasteiger partial charge in [0.15, 0.2) is 44.0 Å². The molecule has 0 amide bonds. The summed E-state index contributed by atoms with van der Waals surface area (Å²) in [5.41, 5.74) is 0. The second-order valence-electron chi connectivity index (χ2n) is 20.7. The van der Waals surface area contributed by atoms with Crippen molar-refractivity contribution in [2.75, 3.05) is 46.2 Å². The Kier molecular flexibility index (Phi) is 25.5. The molecule has 0 saturated carbocycles. The number of rotatable bonds is 23. The van der Waals surface area contributed by atoms with Gasteiger partial charge in [-0.05, 0) is 0 Å². The second-order valence-corrected chi connectivity index (χ2v) is 23.5. The first-order chi connectivity index (χ1) is 40.3. The first-order valence-corrected chi connectivity index (χ1v) is 29.1. The summed E-state index contributed by atoms with van der Waals surface area (Å²) in [5, 5.41) is 241. The van der Waals surface area contributed by atoms with Gasteiger partial charge >= 0.3 is 15.6 Å². The van der Waals surface area contributed by atoms with E-state index in [1.165, 1.54) is 0 Å². The topological polar surface area (TPSA) is 678 Å². The van der Waals surface area contributed by atoms with Gasteiger partial charge in [0.2, 0.25) is 0 Å². The highest BCUT2D eigenvalue weighted by Gasteiger charge is 2.58. The quantitative estimate of drug-likeness (QED) is 0.0422. The van der Waals surface area contributed by atoms with Crippen LogP contribution in [0.1, 0.15) is 0 Å². The third-order valence-electron chi connectivity index (χ3n) is 14.9. The fourth-order valence-corrected chi connectivity index (χ4v) is 11.6. The lowest BCUT2D eigenvalue weighted by atomic mass is 9.96. The Labute approximate surface area is 482 Å². The van der Waals surface area contributed by atoms with E-state index in [1.807, 2.05) is 0 Å². The Morgan fingerprint density at radius 3 is 0.895 bits per heavy atom. The molecular formula is C42H74O42P2. The molecule has 7 saturated heterocycles. The molecule has 0 aliphatic carbocycles. The minimum atomic E-state index is -5.74. The van der Waals surface area contributed by atoms with Gasteiger partial charge in [0.1, 0.15) is 171 Å². The second kappa shape index (κ2) is 30.3. The molecule has 7 rings (SSSR count). The first kappa shape index (κ1) is 72.3. The van der Waals surface area contributed by atoms with Crippen LogP contribution in [0.25, 0.3) is 0 Å². The van der Waals surface area contributed by atoms with E-state index in [0.29, 0.717) is 0 Å². The maximum Gasteiger partial charge on any atom is 0.474 e. The maximum absolute atomic E-state index is 13.5. The van der Waals surface area contributed by atoms with E-state index in [1.54, 1.807) is 0 Å². The number of hydrogen-bond donors (Lipinski definition) is 25. The van der Waals surface area contributed by atoms with Crippen LogP contribution in [0.15, 0.2) is 0 Å². The molecule has 2 unspecified atom stereocenters. The monoisotopic (exact) mass is 1310 g/mol. The highest BCUT2D eigenvalue weighted by Crippen LogP contribution is 2.49. The lowest BCUT2D eigenvalue weighted by molar-refractivity contribution is -0.378. The fourth-order valence-electron chi connectivity index (χ4n) is 9.97. The Balaban J connectivity index is 1.02. The van der Waals surface area contributed by atoms with E-state index in [4.69, 9.17) is 70.2 Å². The van der Waals surface area contributed by atoms with Crippen LogP contribution in [0.5, 0.6) is 0 Å². The first-order valence-electron chi connectivity index (χ1n) is 26.1. The van der Waals surface area contributed by atoms with Crippen LogP contribution in [-0.2, 0) is 79.3 Å². The van der Waals surface area contributed by atoms with Crippen LogP contribution < -0.4 is 0 Å². The Morgan fingerprint density at radius 2 is 0.535 bits per heavy atom. The average Bonchev–Trinajstić information content (AvgIpc) is 1.58. The van der Waals surface area contributed by atoms with Crippen LogP contribution in [0, 0.1) is 0 Å². The van der Waals surface area contributed by atoms with Crippen LogP contribution in [-0.4, -0.2) is 388 Å². The molecule has 44 heteroatoms. The number of phosphoric ester groups is 2. The SMILES string of the molecule is O=P(O)(OC[C@H]1O[C@@H](O[C@H]2[C@H](O)[C@H](O)[C@@H](OP(=O)(O)OC[C@H]3O[C@@H](O[C@H]4[C@H](O)[C@H](O)[C@@H](O)O[C@@H]4CO)[C@H](O)[C@@H](O)[C@H]3O)O[C@@H]2CO)[C@H](O)[C@@H](O[C@@H]2O[C@H](CO)[C@H](O)[C@H](O)[C@H]2O)[C@H]1O)O[C@H]1O[C@H](CO)[C@@H](O[C@@H]2O[C@H](CO)[C@H](O)[C@H](O)[C@H]2O)[C@H](O)[C@@H]1O. The van der Waals surface area contributed by atoms with E-state index >= 15 is 0 Å². The number of hydrogen-bond acceptors (Lipinski definition) is 40. The Bertz CT molecular complexity index is 2190. The number of aliphatic hydroxyl groups excluding tert-OH is 23. The van der Waals surface area contributed by atoms with Gasteiger partial charge < -0.3 is 179 Å². The van der Waals surface area contributed by atoms with E-state index < -0.39 is 277 Å². The Morgan fingerprint density at radius 1 is 0.267 bits per heavy atom. The molecule has 0 bridgehead atoms. The van der Waals surface area contributed by atoms with Crippen molar-refractivity contribution in [2.45, 2.75) is 215 Å². The van der Waals surface area contributed by atoms with Gasteiger partial charge in [-0.3, -0.25) is 18.1 Å². The zero-order chi connectivity index (χ0) is 63.8. The summed E-state index contributed by atoms with van der Waals surface area (Å²) in [6.07, 6.45) is -73.8. The average molecular weight is 1310 g/mol. The van der Waals surface area contributed by atoms with Gasteiger partial charge in [-0.2, -0.15) is 0 Å². The molecule has 25 N–H and O–H groups in total. The van der Waals surface area contributed by atoms with Crippen molar-refractivity contribution in [1.29, 1.82) is 0 Å².